The van der Waals surface area contributed by atoms with E-state index in [-0.39, 0.29) is 0 Å². The van der Waals surface area contributed by atoms with Gasteiger partial charge in [-0.2, -0.15) is 0 Å². The Kier molecular flexibility index (Phi) is 5.55. The van der Waals surface area contributed by atoms with Gasteiger partial charge in [0, 0.05) is 49.0 Å². The SMILES string of the molecule is Brc1cccc(N2CCC(CNc3cc(N4CCOCC4)ncn3)C2)c1. The fourth-order valence-electron chi connectivity index (χ4n) is 3.56. The molecule has 138 valence electrons. The van der Waals surface area contributed by atoms with E-state index in [9.17, 15) is 0 Å². The Bertz CT molecular complexity index is 737. The average Bonchev–Trinajstić information content (AvgIpc) is 3.16. The zero-order valence-electron chi connectivity index (χ0n) is 14.8. The van der Waals surface area contributed by atoms with E-state index in [2.05, 4.69) is 65.3 Å². The summed E-state index contributed by atoms with van der Waals surface area (Å²) in [5.74, 6) is 2.51. The third kappa shape index (κ3) is 4.27. The number of aromatic nitrogens is 2. The summed E-state index contributed by atoms with van der Waals surface area (Å²) in [7, 11) is 0. The van der Waals surface area contributed by atoms with E-state index >= 15 is 0 Å². The summed E-state index contributed by atoms with van der Waals surface area (Å²) in [6.07, 6.45) is 2.84. The maximum atomic E-state index is 5.41. The Morgan fingerprint density at radius 1 is 1.12 bits per heavy atom. The highest BCUT2D eigenvalue weighted by molar-refractivity contribution is 9.10. The summed E-state index contributed by atoms with van der Waals surface area (Å²) in [6.45, 7) is 6.42. The van der Waals surface area contributed by atoms with Gasteiger partial charge < -0.3 is 19.9 Å². The molecule has 2 aromatic rings. The first kappa shape index (κ1) is 17.5. The van der Waals surface area contributed by atoms with E-state index in [1.54, 1.807) is 6.33 Å². The number of anilines is 3. The van der Waals surface area contributed by atoms with Gasteiger partial charge in [0.05, 0.1) is 13.2 Å². The van der Waals surface area contributed by atoms with Crippen LogP contribution >= 0.6 is 15.9 Å². The first-order valence-electron chi connectivity index (χ1n) is 9.17. The summed E-state index contributed by atoms with van der Waals surface area (Å²) in [6, 6.07) is 10.6. The van der Waals surface area contributed by atoms with Gasteiger partial charge in [-0.15, -0.1) is 0 Å². The van der Waals surface area contributed by atoms with E-state index in [1.165, 1.54) is 12.1 Å². The van der Waals surface area contributed by atoms with Gasteiger partial charge in [-0.1, -0.05) is 22.0 Å². The quantitative estimate of drug-likeness (QED) is 0.806. The molecule has 0 amide bonds. The van der Waals surface area contributed by atoms with Crippen LogP contribution in [0.5, 0.6) is 0 Å². The molecule has 2 aliphatic heterocycles. The van der Waals surface area contributed by atoms with E-state index < -0.39 is 0 Å². The van der Waals surface area contributed by atoms with E-state index in [1.807, 2.05) is 6.07 Å². The van der Waals surface area contributed by atoms with Gasteiger partial charge in [-0.05, 0) is 30.5 Å². The molecule has 0 aliphatic carbocycles. The normalized spacial score (nSPS) is 20.4. The van der Waals surface area contributed by atoms with Crippen LogP contribution in [0.4, 0.5) is 17.3 Å². The van der Waals surface area contributed by atoms with Gasteiger partial charge in [0.25, 0.3) is 0 Å². The van der Waals surface area contributed by atoms with Gasteiger partial charge in [-0.3, -0.25) is 0 Å². The van der Waals surface area contributed by atoms with Crippen molar-refractivity contribution < 1.29 is 4.74 Å². The van der Waals surface area contributed by atoms with Gasteiger partial charge in [0.1, 0.15) is 18.0 Å². The molecular weight excluding hydrogens is 394 g/mol. The maximum absolute atomic E-state index is 5.41. The van der Waals surface area contributed by atoms with Crippen molar-refractivity contribution in [2.45, 2.75) is 6.42 Å². The molecule has 0 saturated carbocycles. The van der Waals surface area contributed by atoms with Crippen LogP contribution in [0.1, 0.15) is 6.42 Å². The Labute approximate surface area is 162 Å². The molecule has 6 nitrogen and oxygen atoms in total. The minimum absolute atomic E-state index is 0.621. The highest BCUT2D eigenvalue weighted by atomic mass is 79.9. The summed E-state index contributed by atoms with van der Waals surface area (Å²) in [5.41, 5.74) is 1.29. The van der Waals surface area contributed by atoms with Crippen molar-refractivity contribution in [3.05, 3.63) is 41.1 Å². The minimum Gasteiger partial charge on any atom is -0.378 e. The third-order valence-corrected chi connectivity index (χ3v) is 5.51. The number of rotatable bonds is 5. The molecule has 2 aliphatic rings. The van der Waals surface area contributed by atoms with Crippen molar-refractivity contribution in [2.75, 3.05) is 61.1 Å². The molecule has 1 N–H and O–H groups in total. The zero-order chi connectivity index (χ0) is 17.8. The number of benzene rings is 1. The average molecular weight is 418 g/mol. The van der Waals surface area contributed by atoms with Crippen molar-refractivity contribution in [3.8, 4) is 0 Å². The summed E-state index contributed by atoms with van der Waals surface area (Å²) in [4.78, 5) is 13.5. The molecule has 3 heterocycles. The van der Waals surface area contributed by atoms with E-state index in [0.29, 0.717) is 5.92 Å². The minimum atomic E-state index is 0.621. The predicted octanol–water partition coefficient (Wildman–Crippen LogP) is 3.01. The van der Waals surface area contributed by atoms with Crippen LogP contribution in [-0.2, 0) is 4.74 Å². The second-order valence-corrected chi connectivity index (χ2v) is 7.74. The van der Waals surface area contributed by atoms with Gasteiger partial charge in [0.2, 0.25) is 0 Å². The number of ether oxygens (including phenoxy) is 1. The molecule has 0 spiro atoms. The Morgan fingerprint density at radius 3 is 2.85 bits per heavy atom. The van der Waals surface area contributed by atoms with E-state index in [0.717, 1.165) is 62.0 Å². The van der Waals surface area contributed by atoms with Gasteiger partial charge >= 0.3 is 0 Å². The van der Waals surface area contributed by atoms with Crippen molar-refractivity contribution in [2.24, 2.45) is 5.92 Å². The van der Waals surface area contributed by atoms with Gasteiger partial charge in [-0.25, -0.2) is 9.97 Å². The molecule has 0 radical (unpaired) electrons. The lowest BCUT2D eigenvalue weighted by molar-refractivity contribution is 0.122. The van der Waals surface area contributed by atoms with Crippen LogP contribution in [-0.4, -0.2) is 55.9 Å². The Morgan fingerprint density at radius 2 is 2.00 bits per heavy atom. The van der Waals surface area contributed by atoms with Crippen LogP contribution in [0.15, 0.2) is 41.1 Å². The lowest BCUT2D eigenvalue weighted by Gasteiger charge is -2.27. The molecule has 2 fully saturated rings. The van der Waals surface area contributed by atoms with Crippen LogP contribution in [0, 0.1) is 5.92 Å². The van der Waals surface area contributed by atoms with Crippen LogP contribution in [0.2, 0.25) is 0 Å². The molecule has 26 heavy (non-hydrogen) atoms. The first-order chi connectivity index (χ1) is 12.8. The second-order valence-electron chi connectivity index (χ2n) is 6.82. The lowest BCUT2D eigenvalue weighted by Crippen LogP contribution is -2.36. The number of halogens is 1. The summed E-state index contributed by atoms with van der Waals surface area (Å²) in [5, 5.41) is 3.50. The molecule has 1 aromatic carbocycles. The zero-order valence-corrected chi connectivity index (χ0v) is 16.4. The molecule has 1 aromatic heterocycles. The second kappa shape index (κ2) is 8.22. The maximum Gasteiger partial charge on any atom is 0.134 e. The third-order valence-electron chi connectivity index (χ3n) is 5.02. The summed E-state index contributed by atoms with van der Waals surface area (Å²) < 4.78 is 6.54. The number of hydrogen-bond acceptors (Lipinski definition) is 6. The van der Waals surface area contributed by atoms with Gasteiger partial charge in [0.15, 0.2) is 0 Å². The van der Waals surface area contributed by atoms with Crippen LogP contribution in [0.3, 0.4) is 0 Å². The fourth-order valence-corrected chi connectivity index (χ4v) is 3.95. The lowest BCUT2D eigenvalue weighted by atomic mass is 10.1. The van der Waals surface area contributed by atoms with Crippen molar-refractivity contribution in [3.63, 3.8) is 0 Å². The predicted molar refractivity (Wildman–Crippen MR) is 108 cm³/mol. The molecule has 1 unspecified atom stereocenters. The molecular formula is C19H24BrN5O. The number of nitrogens with one attached hydrogen (secondary N) is 1. The largest absolute Gasteiger partial charge is 0.378 e. The van der Waals surface area contributed by atoms with Crippen molar-refractivity contribution in [1.29, 1.82) is 0 Å². The van der Waals surface area contributed by atoms with E-state index in [4.69, 9.17) is 4.74 Å². The number of morpholine rings is 1. The van der Waals surface area contributed by atoms with Crippen LogP contribution < -0.4 is 15.1 Å². The fraction of sp³-hybridized carbons (Fsp3) is 0.474. The van der Waals surface area contributed by atoms with Crippen molar-refractivity contribution in [1.82, 2.24) is 9.97 Å². The smallest absolute Gasteiger partial charge is 0.134 e. The monoisotopic (exact) mass is 417 g/mol. The summed E-state index contributed by atoms with van der Waals surface area (Å²) >= 11 is 3.56. The number of nitrogens with zero attached hydrogens (tertiary/aromatic N) is 4. The number of hydrogen-bond donors (Lipinski definition) is 1. The van der Waals surface area contributed by atoms with Crippen molar-refractivity contribution >= 4 is 33.3 Å². The van der Waals surface area contributed by atoms with Crippen LogP contribution in [0.25, 0.3) is 0 Å². The molecule has 4 rings (SSSR count). The molecule has 7 heteroatoms. The standard InChI is InChI=1S/C19H24BrN5O/c20-16-2-1-3-17(10-16)25-5-4-15(13-25)12-21-18-11-19(23-14-22-18)24-6-8-26-9-7-24/h1-3,10-11,14-15H,4-9,12-13H2,(H,21,22,23). The molecule has 0 bridgehead atoms. The highest BCUT2D eigenvalue weighted by Crippen LogP contribution is 2.26. The topological polar surface area (TPSA) is 53.5 Å². The Balaban J connectivity index is 1.32. The first-order valence-corrected chi connectivity index (χ1v) is 9.96. The molecule has 2 saturated heterocycles. The molecule has 1 atom stereocenters. The highest BCUT2D eigenvalue weighted by Gasteiger charge is 2.23. The Hall–Kier alpha value is -1.86.